The van der Waals surface area contributed by atoms with Crippen molar-refractivity contribution in [2.24, 2.45) is 0 Å². The van der Waals surface area contributed by atoms with Gasteiger partial charge in [0.25, 0.3) is 0 Å². The van der Waals surface area contributed by atoms with E-state index in [-0.39, 0.29) is 0 Å². The highest BCUT2D eigenvalue weighted by atomic mass is 35.5. The minimum Gasteiger partial charge on any atom is -0.221 e. The molecule has 0 unspecified atom stereocenters. The summed E-state index contributed by atoms with van der Waals surface area (Å²) in [4.78, 5) is 2.97. The zero-order valence-electron chi connectivity index (χ0n) is 8.52. The highest BCUT2D eigenvalue weighted by molar-refractivity contribution is 6.13. The molecule has 0 amide bonds. The van der Waals surface area contributed by atoms with Crippen LogP contribution in [0.15, 0.2) is 30.3 Å². The molecule has 0 aromatic heterocycles. The Bertz CT molecular complexity index is 264. The van der Waals surface area contributed by atoms with Crippen molar-refractivity contribution in [1.82, 2.24) is 4.42 Å². The molecule has 1 aromatic carbocycles. The van der Waals surface area contributed by atoms with Crippen LogP contribution in [-0.4, -0.2) is 17.5 Å². The lowest BCUT2D eigenvalue weighted by Crippen LogP contribution is -2.08. The molecule has 0 saturated carbocycles. The zero-order chi connectivity index (χ0) is 10.8. The number of hydrogen-bond donors (Lipinski definition) is 0. The lowest BCUT2D eigenvalue weighted by Gasteiger charge is -2.03. The summed E-state index contributed by atoms with van der Waals surface area (Å²) in [5.41, 5.74) is 0.590. The predicted octanol–water partition coefficient (Wildman–Crippen LogP) is 3.65. The van der Waals surface area contributed by atoms with Crippen LogP contribution in [0.25, 0.3) is 4.98 Å². The average molecular weight is 213 g/mol. The molecule has 0 radical (unpaired) electrons. The van der Waals surface area contributed by atoms with Gasteiger partial charge in [-0.3, -0.25) is 0 Å². The maximum Gasteiger partial charge on any atom is 0.385 e. The molecule has 0 N–H and O–H groups in total. The molecule has 0 aliphatic rings. The maximum atomic E-state index is 8.16. The van der Waals surface area contributed by atoms with Crippen molar-refractivity contribution < 1.29 is 0 Å². The first-order chi connectivity index (χ1) is 6.74. The van der Waals surface area contributed by atoms with Crippen LogP contribution in [0, 0.1) is 5.39 Å². The average Bonchev–Trinajstić information content (AvgIpc) is 2.30. The monoisotopic (exact) mass is 212 g/mol. The van der Waals surface area contributed by atoms with E-state index in [1.807, 2.05) is 32.0 Å². The standard InChI is InChI=1S/C6H5N2.C4H10ClN/c7-8-6-4-2-1-3-5-6;1-3-6(5)4-2/h1-5H;3-4H2,1-2H3/q+1;. The van der Waals surface area contributed by atoms with Gasteiger partial charge in [-0.25, -0.2) is 4.42 Å². The molecular weight excluding hydrogens is 198 g/mol. The molecule has 76 valence electrons. The van der Waals surface area contributed by atoms with E-state index in [0.29, 0.717) is 5.69 Å². The van der Waals surface area contributed by atoms with Crippen molar-refractivity contribution >= 4 is 17.5 Å². The fraction of sp³-hybridized carbons (Fsp3) is 0.400. The van der Waals surface area contributed by atoms with E-state index in [1.165, 1.54) is 0 Å². The number of hydrogen-bond acceptors (Lipinski definition) is 2. The normalized spacial score (nSPS) is 8.79. The summed E-state index contributed by atoms with van der Waals surface area (Å²) >= 11 is 5.48. The van der Waals surface area contributed by atoms with E-state index < -0.39 is 0 Å². The predicted molar refractivity (Wildman–Crippen MR) is 60.0 cm³/mol. The topological polar surface area (TPSA) is 31.4 Å². The molecule has 0 aliphatic heterocycles. The molecule has 0 fully saturated rings. The van der Waals surface area contributed by atoms with Gasteiger partial charge in [0.15, 0.2) is 4.98 Å². The van der Waals surface area contributed by atoms with Gasteiger partial charge in [-0.15, -0.1) is 0 Å². The third-order valence-corrected chi connectivity index (χ3v) is 2.04. The van der Waals surface area contributed by atoms with E-state index in [9.17, 15) is 0 Å². The number of rotatable bonds is 2. The van der Waals surface area contributed by atoms with Crippen LogP contribution in [0.2, 0.25) is 0 Å². The molecule has 14 heavy (non-hydrogen) atoms. The highest BCUT2D eigenvalue weighted by Crippen LogP contribution is 2.07. The van der Waals surface area contributed by atoms with Crippen LogP contribution in [-0.2, 0) is 0 Å². The molecular formula is C10H15ClN3+. The Morgan fingerprint density at radius 1 is 1.21 bits per heavy atom. The van der Waals surface area contributed by atoms with Crippen molar-refractivity contribution in [3.05, 3.63) is 35.3 Å². The van der Waals surface area contributed by atoms with Gasteiger partial charge in [0, 0.05) is 25.2 Å². The molecule has 0 bridgehead atoms. The minimum absolute atomic E-state index is 0.590. The molecule has 1 rings (SSSR count). The molecule has 3 nitrogen and oxygen atoms in total. The van der Waals surface area contributed by atoms with Crippen LogP contribution in [0.4, 0.5) is 5.69 Å². The third kappa shape index (κ3) is 6.41. The molecule has 0 atom stereocenters. The summed E-state index contributed by atoms with van der Waals surface area (Å²) < 4.78 is 1.72. The summed E-state index contributed by atoms with van der Waals surface area (Å²) in [6, 6.07) is 8.94. The maximum absolute atomic E-state index is 8.16. The van der Waals surface area contributed by atoms with Crippen LogP contribution in [0.1, 0.15) is 13.8 Å². The van der Waals surface area contributed by atoms with Gasteiger partial charge in [-0.2, -0.15) is 0 Å². The van der Waals surface area contributed by atoms with Crippen molar-refractivity contribution in [2.45, 2.75) is 13.8 Å². The van der Waals surface area contributed by atoms with Crippen molar-refractivity contribution in [3.63, 3.8) is 0 Å². The first-order valence-corrected chi connectivity index (χ1v) is 4.89. The number of nitrogens with zero attached hydrogens (tertiary/aromatic N) is 3. The lowest BCUT2D eigenvalue weighted by atomic mass is 10.3. The summed E-state index contributed by atoms with van der Waals surface area (Å²) in [6.07, 6.45) is 0. The Morgan fingerprint density at radius 2 is 1.71 bits per heavy atom. The van der Waals surface area contributed by atoms with E-state index in [4.69, 9.17) is 17.2 Å². The minimum atomic E-state index is 0.590. The highest BCUT2D eigenvalue weighted by Gasteiger charge is 1.96. The first kappa shape index (κ1) is 12.9. The Labute approximate surface area is 90.0 Å². The van der Waals surface area contributed by atoms with E-state index in [1.54, 1.807) is 16.6 Å². The van der Waals surface area contributed by atoms with E-state index >= 15 is 0 Å². The zero-order valence-corrected chi connectivity index (χ0v) is 9.28. The largest absolute Gasteiger partial charge is 0.385 e. The summed E-state index contributed by atoms with van der Waals surface area (Å²) in [5.74, 6) is 0. The van der Waals surface area contributed by atoms with Gasteiger partial charge in [-0.05, 0) is 11.8 Å². The van der Waals surface area contributed by atoms with Gasteiger partial charge in [-0.1, -0.05) is 32.0 Å². The number of benzene rings is 1. The Morgan fingerprint density at radius 3 is 1.93 bits per heavy atom. The van der Waals surface area contributed by atoms with Gasteiger partial charge in [0.2, 0.25) is 5.39 Å². The quantitative estimate of drug-likeness (QED) is 0.554. The summed E-state index contributed by atoms with van der Waals surface area (Å²) in [7, 11) is 0. The second-order valence-electron chi connectivity index (χ2n) is 2.53. The second-order valence-corrected chi connectivity index (χ2v) is 3.01. The van der Waals surface area contributed by atoms with Gasteiger partial charge < -0.3 is 0 Å². The van der Waals surface area contributed by atoms with Crippen molar-refractivity contribution in [1.29, 1.82) is 5.39 Å². The second kappa shape index (κ2) is 8.49. The van der Waals surface area contributed by atoms with E-state index in [0.717, 1.165) is 13.1 Å². The molecule has 4 heteroatoms. The Hall–Kier alpha value is -1.11. The number of halogens is 1. The van der Waals surface area contributed by atoms with E-state index in [2.05, 4.69) is 4.98 Å². The molecule has 1 aromatic rings. The fourth-order valence-corrected chi connectivity index (χ4v) is 0.718. The third-order valence-electron chi connectivity index (χ3n) is 1.56. The molecule has 0 saturated heterocycles. The van der Waals surface area contributed by atoms with Gasteiger partial charge in [0.1, 0.15) is 0 Å². The molecule has 0 spiro atoms. The molecule has 0 heterocycles. The Balaban J connectivity index is 0.000000255. The SMILES string of the molecule is CCN(Cl)CC.N#[N+]c1ccccc1. The van der Waals surface area contributed by atoms with Gasteiger partial charge in [0.05, 0.1) is 0 Å². The van der Waals surface area contributed by atoms with Crippen LogP contribution in [0.5, 0.6) is 0 Å². The van der Waals surface area contributed by atoms with Crippen LogP contribution < -0.4 is 0 Å². The van der Waals surface area contributed by atoms with Crippen LogP contribution >= 0.6 is 11.8 Å². The van der Waals surface area contributed by atoms with Crippen molar-refractivity contribution in [3.8, 4) is 0 Å². The summed E-state index contributed by atoms with van der Waals surface area (Å²) in [6.45, 7) is 5.91. The number of diazo groups is 1. The lowest BCUT2D eigenvalue weighted by molar-refractivity contribution is 0.507. The van der Waals surface area contributed by atoms with Gasteiger partial charge >= 0.3 is 5.69 Å². The fourth-order valence-electron chi connectivity index (χ4n) is 0.718. The first-order valence-electron chi connectivity index (χ1n) is 4.55. The van der Waals surface area contributed by atoms with Crippen LogP contribution in [0.3, 0.4) is 0 Å². The Kier molecular flexibility index (Phi) is 7.81. The summed E-state index contributed by atoms with van der Waals surface area (Å²) in [5, 5.41) is 8.16. The molecule has 0 aliphatic carbocycles. The van der Waals surface area contributed by atoms with Crippen molar-refractivity contribution in [2.75, 3.05) is 13.1 Å². The smallest absolute Gasteiger partial charge is 0.221 e.